The molecular formula is C18H19F3N2. The van der Waals surface area contributed by atoms with Crippen LogP contribution >= 0.6 is 0 Å². The van der Waals surface area contributed by atoms with Crippen molar-refractivity contribution in [3.8, 4) is 11.4 Å². The van der Waals surface area contributed by atoms with Gasteiger partial charge in [-0.05, 0) is 44.2 Å². The molecule has 0 bridgehead atoms. The van der Waals surface area contributed by atoms with Crippen molar-refractivity contribution in [3.63, 3.8) is 0 Å². The minimum atomic E-state index is -4.40. The van der Waals surface area contributed by atoms with E-state index in [0.29, 0.717) is 0 Å². The van der Waals surface area contributed by atoms with Crippen LogP contribution in [0.4, 0.5) is 13.2 Å². The average molecular weight is 320 g/mol. The number of benzene rings is 1. The van der Waals surface area contributed by atoms with Crippen molar-refractivity contribution in [2.45, 2.75) is 51.6 Å². The van der Waals surface area contributed by atoms with Crippen LogP contribution in [0, 0.1) is 6.92 Å². The van der Waals surface area contributed by atoms with E-state index in [9.17, 15) is 13.2 Å². The van der Waals surface area contributed by atoms with Gasteiger partial charge >= 0.3 is 6.18 Å². The van der Waals surface area contributed by atoms with E-state index in [0.717, 1.165) is 55.1 Å². The van der Waals surface area contributed by atoms with E-state index in [4.69, 9.17) is 0 Å². The van der Waals surface area contributed by atoms with E-state index < -0.39 is 11.7 Å². The summed E-state index contributed by atoms with van der Waals surface area (Å²) in [6.07, 6.45) is 1.80. The van der Waals surface area contributed by atoms with E-state index in [1.54, 1.807) is 6.07 Å². The van der Waals surface area contributed by atoms with Crippen molar-refractivity contribution in [2.75, 3.05) is 0 Å². The molecular weight excluding hydrogens is 301 g/mol. The largest absolute Gasteiger partial charge is 0.417 e. The Hall–Kier alpha value is -1.91. The van der Waals surface area contributed by atoms with E-state index >= 15 is 0 Å². The Balaban J connectivity index is 2.12. The topological polar surface area (TPSA) is 25.8 Å². The van der Waals surface area contributed by atoms with Crippen LogP contribution in [0.5, 0.6) is 0 Å². The maximum absolute atomic E-state index is 13.2. The highest BCUT2D eigenvalue weighted by atomic mass is 19.4. The molecule has 3 rings (SSSR count). The monoisotopic (exact) mass is 320 g/mol. The molecule has 2 aromatic rings. The number of nitrogens with zero attached hydrogens (tertiary/aromatic N) is 2. The third-order valence-electron chi connectivity index (χ3n) is 4.36. The van der Waals surface area contributed by atoms with Gasteiger partial charge in [-0.1, -0.05) is 31.0 Å². The summed E-state index contributed by atoms with van der Waals surface area (Å²) in [5.41, 5.74) is 2.24. The predicted molar refractivity (Wildman–Crippen MR) is 83.1 cm³/mol. The molecule has 1 aliphatic carbocycles. The summed E-state index contributed by atoms with van der Waals surface area (Å²) >= 11 is 0. The van der Waals surface area contributed by atoms with Gasteiger partial charge in [-0.3, -0.25) is 0 Å². The van der Waals surface area contributed by atoms with Crippen LogP contribution in [-0.4, -0.2) is 9.97 Å². The molecule has 2 nitrogen and oxygen atoms in total. The van der Waals surface area contributed by atoms with Gasteiger partial charge < -0.3 is 0 Å². The van der Waals surface area contributed by atoms with Crippen molar-refractivity contribution < 1.29 is 13.2 Å². The maximum atomic E-state index is 13.2. The normalized spacial score (nSPS) is 15.7. The van der Waals surface area contributed by atoms with Gasteiger partial charge in [0.1, 0.15) is 0 Å². The number of hydrogen-bond donors (Lipinski definition) is 0. The van der Waals surface area contributed by atoms with Gasteiger partial charge in [0, 0.05) is 17.0 Å². The first-order valence-electron chi connectivity index (χ1n) is 8.00. The van der Waals surface area contributed by atoms with Gasteiger partial charge in [0.2, 0.25) is 0 Å². The summed E-state index contributed by atoms with van der Waals surface area (Å²) in [5, 5.41) is 0. The summed E-state index contributed by atoms with van der Waals surface area (Å²) in [6.45, 7) is 1.88. The highest BCUT2D eigenvalue weighted by Crippen LogP contribution is 2.36. The third kappa shape index (κ3) is 3.38. The summed E-state index contributed by atoms with van der Waals surface area (Å²) in [6, 6.07) is 5.53. The summed E-state index contributed by atoms with van der Waals surface area (Å²) in [5.74, 6) is 0.190. The van der Waals surface area contributed by atoms with Crippen LogP contribution < -0.4 is 0 Å². The summed E-state index contributed by atoms with van der Waals surface area (Å²) in [7, 11) is 0. The van der Waals surface area contributed by atoms with Crippen LogP contribution in [0.3, 0.4) is 0 Å². The van der Waals surface area contributed by atoms with Crippen LogP contribution in [-0.2, 0) is 19.0 Å². The smallest absolute Gasteiger partial charge is 0.233 e. The van der Waals surface area contributed by atoms with Gasteiger partial charge in [0.05, 0.1) is 5.56 Å². The van der Waals surface area contributed by atoms with Crippen LogP contribution in [0.15, 0.2) is 24.3 Å². The zero-order chi connectivity index (χ0) is 16.4. The Morgan fingerprint density at radius 1 is 0.913 bits per heavy atom. The fraction of sp³-hybridized carbons (Fsp3) is 0.444. The van der Waals surface area contributed by atoms with Crippen LogP contribution in [0.1, 0.15) is 48.2 Å². The minimum absolute atomic E-state index is 0.0629. The first-order chi connectivity index (χ1) is 11.0. The lowest BCUT2D eigenvalue weighted by atomic mass is 9.95. The number of aryl methyl sites for hydroxylation is 2. The molecule has 0 spiro atoms. The Morgan fingerprint density at radius 3 is 2.35 bits per heavy atom. The zero-order valence-corrected chi connectivity index (χ0v) is 13.1. The second-order valence-electron chi connectivity index (χ2n) is 6.02. The lowest BCUT2D eigenvalue weighted by molar-refractivity contribution is -0.137. The average Bonchev–Trinajstić information content (AvgIpc) is 2.47. The molecule has 122 valence electrons. The van der Waals surface area contributed by atoms with Crippen molar-refractivity contribution in [1.29, 1.82) is 0 Å². The zero-order valence-electron chi connectivity index (χ0n) is 13.1. The highest BCUT2D eigenvalue weighted by Gasteiger charge is 2.34. The first-order valence-corrected chi connectivity index (χ1v) is 8.00. The molecule has 5 heteroatoms. The quantitative estimate of drug-likeness (QED) is 0.728. The van der Waals surface area contributed by atoms with Crippen molar-refractivity contribution in [3.05, 3.63) is 46.8 Å². The molecule has 0 fully saturated rings. The Labute approximate surface area is 133 Å². The van der Waals surface area contributed by atoms with Crippen molar-refractivity contribution >= 4 is 0 Å². The molecule has 0 N–H and O–H groups in total. The number of alkyl halides is 3. The van der Waals surface area contributed by atoms with Gasteiger partial charge in [0.15, 0.2) is 5.82 Å². The number of aromatic nitrogens is 2. The van der Waals surface area contributed by atoms with Crippen LogP contribution in [0.25, 0.3) is 11.4 Å². The minimum Gasteiger partial charge on any atom is -0.233 e. The summed E-state index contributed by atoms with van der Waals surface area (Å²) < 4.78 is 39.7. The lowest BCUT2D eigenvalue weighted by Crippen LogP contribution is -2.11. The molecule has 0 aliphatic heterocycles. The number of fused-ring (bicyclic) bond motifs is 1. The fourth-order valence-electron chi connectivity index (χ4n) is 3.18. The molecule has 1 aromatic carbocycles. The SMILES string of the molecule is Cc1nc(-c2ccccc2C(F)(F)F)nc2c1CCCCCC2. The van der Waals surface area contributed by atoms with Gasteiger partial charge in [0.25, 0.3) is 0 Å². The number of halogens is 3. The lowest BCUT2D eigenvalue weighted by Gasteiger charge is -2.17. The van der Waals surface area contributed by atoms with E-state index in [-0.39, 0.29) is 11.4 Å². The van der Waals surface area contributed by atoms with E-state index in [1.165, 1.54) is 18.6 Å². The van der Waals surface area contributed by atoms with Gasteiger partial charge in [-0.15, -0.1) is 0 Å². The maximum Gasteiger partial charge on any atom is 0.417 e. The molecule has 1 aromatic heterocycles. The molecule has 0 radical (unpaired) electrons. The molecule has 0 saturated heterocycles. The first kappa shape index (κ1) is 16.0. The number of hydrogen-bond acceptors (Lipinski definition) is 2. The fourth-order valence-corrected chi connectivity index (χ4v) is 3.18. The van der Waals surface area contributed by atoms with Gasteiger partial charge in [-0.2, -0.15) is 13.2 Å². The molecule has 0 atom stereocenters. The Morgan fingerprint density at radius 2 is 1.61 bits per heavy atom. The molecule has 23 heavy (non-hydrogen) atoms. The van der Waals surface area contributed by atoms with E-state index in [1.807, 2.05) is 6.92 Å². The Bertz CT molecular complexity index is 708. The van der Waals surface area contributed by atoms with Gasteiger partial charge in [-0.25, -0.2) is 9.97 Å². The number of rotatable bonds is 1. The molecule has 1 aliphatic rings. The van der Waals surface area contributed by atoms with Crippen molar-refractivity contribution in [1.82, 2.24) is 9.97 Å². The second kappa shape index (κ2) is 6.30. The highest BCUT2D eigenvalue weighted by molar-refractivity contribution is 5.61. The molecule has 0 unspecified atom stereocenters. The van der Waals surface area contributed by atoms with Crippen molar-refractivity contribution in [2.24, 2.45) is 0 Å². The molecule has 1 heterocycles. The summed E-state index contributed by atoms with van der Waals surface area (Å²) in [4.78, 5) is 8.90. The molecule has 0 saturated carbocycles. The molecule has 0 amide bonds. The van der Waals surface area contributed by atoms with E-state index in [2.05, 4.69) is 9.97 Å². The standard InChI is InChI=1S/C18H19F3N2/c1-12-13-8-4-2-3-5-11-16(13)23-17(22-12)14-9-6-7-10-15(14)18(19,20)21/h6-7,9-10H,2-5,8,11H2,1H3. The Kier molecular flexibility index (Phi) is 4.37. The predicted octanol–water partition coefficient (Wildman–Crippen LogP) is 5.13. The van der Waals surface area contributed by atoms with Crippen LogP contribution in [0.2, 0.25) is 0 Å². The third-order valence-corrected chi connectivity index (χ3v) is 4.36. The second-order valence-corrected chi connectivity index (χ2v) is 6.02.